The first-order valence-electron chi connectivity index (χ1n) is 3.14. The standard InChI is InChI=1S/C9H9N.Rb.Re/c1-4-9-5-8(3)10-6-7(9)2;;/h4H,1H2,2-3H3;;/q-2;+1;. The molecule has 1 nitrogen and oxygen atoms in total. The van der Waals surface area contributed by atoms with Gasteiger partial charge in [0, 0.05) is 20.4 Å². The maximum Gasteiger partial charge on any atom is 1.00 e. The van der Waals surface area contributed by atoms with Gasteiger partial charge in [-0.1, -0.05) is 6.92 Å². The van der Waals surface area contributed by atoms with Crippen LogP contribution in [0, 0.1) is 26.1 Å². The Bertz CT molecular complexity index is 261. The number of pyridine rings is 1. The van der Waals surface area contributed by atoms with Crippen LogP contribution in [-0.4, -0.2) is 4.98 Å². The van der Waals surface area contributed by atoms with Crippen molar-refractivity contribution in [2.75, 3.05) is 0 Å². The molecule has 0 aliphatic carbocycles. The van der Waals surface area contributed by atoms with E-state index in [4.69, 9.17) is 0 Å². The van der Waals surface area contributed by atoms with Crippen LogP contribution in [0.25, 0.3) is 6.08 Å². The molecule has 0 aromatic carbocycles. The van der Waals surface area contributed by atoms with E-state index >= 15 is 0 Å². The fraction of sp³-hybridized carbons (Fsp3) is 0.222. The smallest absolute Gasteiger partial charge is 0.418 e. The van der Waals surface area contributed by atoms with Gasteiger partial charge in [-0.15, -0.1) is 18.8 Å². The van der Waals surface area contributed by atoms with Crippen molar-refractivity contribution < 1.29 is 78.6 Å². The molecule has 1 heterocycles. The molecule has 0 saturated carbocycles. The third kappa shape index (κ3) is 4.55. The first kappa shape index (κ1) is 15.8. The Morgan fingerprint density at radius 1 is 1.42 bits per heavy atom. The van der Waals surface area contributed by atoms with Crippen LogP contribution in [0.1, 0.15) is 16.8 Å². The van der Waals surface area contributed by atoms with E-state index in [0.29, 0.717) is 0 Å². The van der Waals surface area contributed by atoms with Crippen LogP contribution in [0.2, 0.25) is 0 Å². The van der Waals surface area contributed by atoms with Gasteiger partial charge < -0.3 is 10.5 Å². The SMILES string of the molecule is C=Cc1[c-]c(C)n[c-]c1C.[Rb+].[Re]. The average Bonchev–Trinajstić information content (AvgIpc) is 1.94. The second-order valence-corrected chi connectivity index (χ2v) is 2.18. The van der Waals surface area contributed by atoms with E-state index in [1.807, 2.05) is 13.8 Å². The summed E-state index contributed by atoms with van der Waals surface area (Å²) in [6, 6.07) is 3.06. The Morgan fingerprint density at radius 3 is 2.42 bits per heavy atom. The van der Waals surface area contributed by atoms with Gasteiger partial charge in [-0.05, 0) is 0 Å². The van der Waals surface area contributed by atoms with E-state index in [0.717, 1.165) is 16.8 Å². The van der Waals surface area contributed by atoms with Crippen molar-refractivity contribution in [1.82, 2.24) is 4.98 Å². The van der Waals surface area contributed by atoms with Crippen molar-refractivity contribution >= 4 is 6.08 Å². The van der Waals surface area contributed by atoms with Crippen molar-refractivity contribution in [3.8, 4) is 0 Å². The monoisotopic (exact) mass is 403 g/mol. The number of hydrogen-bond donors (Lipinski definition) is 0. The van der Waals surface area contributed by atoms with Gasteiger partial charge in [0.25, 0.3) is 0 Å². The molecule has 0 aliphatic heterocycles. The summed E-state index contributed by atoms with van der Waals surface area (Å²) >= 11 is 0. The maximum absolute atomic E-state index is 3.96. The summed E-state index contributed by atoms with van der Waals surface area (Å²) in [5.74, 6) is 0. The Hall–Kier alpha value is 1.36. The van der Waals surface area contributed by atoms with E-state index in [1.54, 1.807) is 6.08 Å². The molecular formula is C9H9NRbRe-. The number of hydrogen-bond acceptors (Lipinski definition) is 1. The molecule has 0 fully saturated rings. The molecule has 0 saturated heterocycles. The Labute approximate surface area is 136 Å². The normalized spacial score (nSPS) is 7.83. The van der Waals surface area contributed by atoms with Crippen LogP contribution < -0.4 is 58.2 Å². The molecule has 3 heteroatoms. The molecule has 0 N–H and O–H groups in total. The van der Waals surface area contributed by atoms with E-state index in [9.17, 15) is 0 Å². The molecule has 1 rings (SSSR count). The summed E-state index contributed by atoms with van der Waals surface area (Å²) in [6.07, 6.45) is 4.63. The Kier molecular flexibility index (Phi) is 10.2. The molecule has 0 amide bonds. The van der Waals surface area contributed by atoms with Crippen molar-refractivity contribution in [1.29, 1.82) is 0 Å². The summed E-state index contributed by atoms with van der Waals surface area (Å²) in [4.78, 5) is 3.96. The van der Waals surface area contributed by atoms with Gasteiger partial charge in [0.2, 0.25) is 0 Å². The van der Waals surface area contributed by atoms with Gasteiger partial charge in [0.05, 0.1) is 0 Å². The zero-order valence-corrected chi connectivity index (χ0v) is 15.2. The van der Waals surface area contributed by atoms with Crippen LogP contribution in [-0.2, 0) is 20.4 Å². The van der Waals surface area contributed by atoms with E-state index in [-0.39, 0.29) is 78.6 Å². The largest absolute Gasteiger partial charge is 1.00 e. The van der Waals surface area contributed by atoms with Gasteiger partial charge in [0.1, 0.15) is 0 Å². The second kappa shape index (κ2) is 7.73. The van der Waals surface area contributed by atoms with Crippen molar-refractivity contribution in [2.24, 2.45) is 0 Å². The van der Waals surface area contributed by atoms with E-state index in [1.165, 1.54) is 0 Å². The van der Waals surface area contributed by atoms with Gasteiger partial charge in [-0.2, -0.15) is 6.58 Å². The number of rotatable bonds is 1. The topological polar surface area (TPSA) is 12.9 Å². The molecule has 1 aromatic heterocycles. The molecule has 0 unspecified atom stereocenters. The first-order chi connectivity index (χ1) is 4.74. The molecular weight excluding hydrogens is 394 g/mol. The zero-order valence-electron chi connectivity index (χ0n) is 7.61. The predicted molar refractivity (Wildman–Crippen MR) is 41.5 cm³/mol. The summed E-state index contributed by atoms with van der Waals surface area (Å²) in [5, 5.41) is 0. The molecule has 0 bridgehead atoms. The van der Waals surface area contributed by atoms with Crippen molar-refractivity contribution in [3.63, 3.8) is 0 Å². The third-order valence-electron chi connectivity index (χ3n) is 1.32. The molecule has 1 aromatic rings. The van der Waals surface area contributed by atoms with Crippen molar-refractivity contribution in [2.45, 2.75) is 13.8 Å². The quantitative estimate of drug-likeness (QED) is 0.546. The Morgan fingerprint density at radius 2 is 2.00 bits per heavy atom. The van der Waals surface area contributed by atoms with Crippen molar-refractivity contribution in [3.05, 3.63) is 35.7 Å². The average molecular weight is 403 g/mol. The molecule has 1 radical (unpaired) electrons. The zero-order chi connectivity index (χ0) is 7.56. The maximum atomic E-state index is 3.96. The van der Waals surface area contributed by atoms with Crippen LogP contribution in [0.4, 0.5) is 0 Å². The van der Waals surface area contributed by atoms with Gasteiger partial charge in [-0.25, -0.2) is 11.6 Å². The number of aromatic nitrogens is 1. The minimum atomic E-state index is 0. The van der Waals surface area contributed by atoms with Gasteiger partial charge in [-0.3, -0.25) is 6.07 Å². The summed E-state index contributed by atoms with van der Waals surface area (Å²) in [7, 11) is 0. The summed E-state index contributed by atoms with van der Waals surface area (Å²) in [6.45, 7) is 7.49. The second-order valence-electron chi connectivity index (χ2n) is 2.18. The summed E-state index contributed by atoms with van der Waals surface area (Å²) in [5.41, 5.74) is 2.86. The predicted octanol–water partition coefficient (Wildman–Crippen LogP) is -1.06. The molecule has 0 atom stereocenters. The fourth-order valence-corrected chi connectivity index (χ4v) is 0.749. The molecule has 12 heavy (non-hydrogen) atoms. The van der Waals surface area contributed by atoms with Crippen LogP contribution >= 0.6 is 0 Å². The minimum absolute atomic E-state index is 0. The van der Waals surface area contributed by atoms with Gasteiger partial charge in [0.15, 0.2) is 0 Å². The van der Waals surface area contributed by atoms with E-state index < -0.39 is 0 Å². The number of aryl methyl sites for hydroxylation is 2. The fourth-order valence-electron chi connectivity index (χ4n) is 0.749. The van der Waals surface area contributed by atoms with Crippen LogP contribution in [0.5, 0.6) is 0 Å². The van der Waals surface area contributed by atoms with Crippen LogP contribution in [0.15, 0.2) is 6.58 Å². The number of nitrogens with zero attached hydrogens (tertiary/aromatic N) is 1. The summed E-state index contributed by atoms with van der Waals surface area (Å²) < 4.78 is 0. The van der Waals surface area contributed by atoms with E-state index in [2.05, 4.69) is 23.8 Å². The first-order valence-corrected chi connectivity index (χ1v) is 3.14. The minimum Gasteiger partial charge on any atom is -0.418 e. The third-order valence-corrected chi connectivity index (χ3v) is 1.32. The molecule has 0 aliphatic rings. The van der Waals surface area contributed by atoms with Crippen LogP contribution in [0.3, 0.4) is 0 Å². The van der Waals surface area contributed by atoms with Gasteiger partial charge >= 0.3 is 58.2 Å². The molecule has 0 spiro atoms. The molecule has 59 valence electrons. The Balaban J connectivity index is 0.